The number of benzene rings is 1. The molecule has 0 saturated heterocycles. The third-order valence-electron chi connectivity index (χ3n) is 3.66. The summed E-state index contributed by atoms with van der Waals surface area (Å²) < 4.78 is 0. The van der Waals surface area contributed by atoms with Crippen molar-refractivity contribution in [3.8, 4) is 0 Å². The molecule has 0 aromatic heterocycles. The number of hydrogen-bond acceptors (Lipinski definition) is 3. The third kappa shape index (κ3) is 4.04. The van der Waals surface area contributed by atoms with Gasteiger partial charge in [-0.15, -0.1) is 0 Å². The number of carbonyl (C=O) groups excluding carboxylic acids is 1. The van der Waals surface area contributed by atoms with Gasteiger partial charge in [-0.25, -0.2) is 0 Å². The van der Waals surface area contributed by atoms with Crippen LogP contribution in [0, 0.1) is 5.92 Å². The molecule has 0 bridgehead atoms. The van der Waals surface area contributed by atoms with Crippen LogP contribution >= 0.6 is 0 Å². The molecule has 4 N–H and O–H groups in total. The molecule has 1 saturated carbocycles. The Balaban J connectivity index is 1.93. The molecule has 2 unspecified atom stereocenters. The van der Waals surface area contributed by atoms with E-state index in [9.17, 15) is 4.79 Å². The molecule has 0 heterocycles. The Morgan fingerprint density at radius 1 is 1.42 bits per heavy atom. The highest BCUT2D eigenvalue weighted by molar-refractivity contribution is 5.92. The first-order chi connectivity index (χ1) is 9.19. The van der Waals surface area contributed by atoms with E-state index in [-0.39, 0.29) is 24.5 Å². The minimum atomic E-state index is 0.0519. The first kappa shape index (κ1) is 14.0. The highest BCUT2D eigenvalue weighted by atomic mass is 16.2. The Kier molecular flexibility index (Phi) is 4.93. The summed E-state index contributed by atoms with van der Waals surface area (Å²) in [5.74, 6) is 0.128. The van der Waals surface area contributed by atoms with Crippen molar-refractivity contribution >= 4 is 11.6 Å². The van der Waals surface area contributed by atoms with E-state index in [1.807, 2.05) is 24.3 Å². The Hall–Kier alpha value is -1.39. The lowest BCUT2D eigenvalue weighted by molar-refractivity contribution is -0.119. The van der Waals surface area contributed by atoms with Crippen LogP contribution in [0.1, 0.15) is 31.2 Å². The van der Waals surface area contributed by atoms with Gasteiger partial charge in [0.15, 0.2) is 0 Å². The molecule has 0 spiro atoms. The molecule has 104 valence electrons. The van der Waals surface area contributed by atoms with E-state index in [1.54, 1.807) is 0 Å². The van der Waals surface area contributed by atoms with Gasteiger partial charge >= 0.3 is 0 Å². The SMILES string of the molecule is NC1CCC(C(=O)Nc2cccc(CCCO)c2)C1. The molecule has 0 radical (unpaired) electrons. The van der Waals surface area contributed by atoms with Crippen LogP contribution < -0.4 is 11.1 Å². The minimum absolute atomic E-state index is 0.0519. The monoisotopic (exact) mass is 262 g/mol. The van der Waals surface area contributed by atoms with Gasteiger partial charge in [0.2, 0.25) is 5.91 Å². The van der Waals surface area contributed by atoms with Gasteiger partial charge in [0.1, 0.15) is 0 Å². The van der Waals surface area contributed by atoms with Gasteiger partial charge in [0, 0.05) is 24.3 Å². The maximum Gasteiger partial charge on any atom is 0.227 e. The van der Waals surface area contributed by atoms with Crippen molar-refractivity contribution in [1.29, 1.82) is 0 Å². The third-order valence-corrected chi connectivity index (χ3v) is 3.66. The number of aliphatic hydroxyl groups excluding tert-OH is 1. The van der Waals surface area contributed by atoms with Crippen molar-refractivity contribution < 1.29 is 9.90 Å². The quantitative estimate of drug-likeness (QED) is 0.755. The molecule has 1 amide bonds. The van der Waals surface area contributed by atoms with Crippen LogP contribution in [0.3, 0.4) is 0 Å². The second-order valence-corrected chi connectivity index (χ2v) is 5.29. The van der Waals surface area contributed by atoms with Crippen LogP contribution in [-0.2, 0) is 11.2 Å². The zero-order valence-electron chi connectivity index (χ0n) is 11.1. The summed E-state index contributed by atoms with van der Waals surface area (Å²) in [5, 5.41) is 11.8. The molecule has 2 rings (SSSR count). The molecule has 1 fully saturated rings. The van der Waals surface area contributed by atoms with Crippen molar-refractivity contribution in [2.45, 2.75) is 38.1 Å². The summed E-state index contributed by atoms with van der Waals surface area (Å²) in [6, 6.07) is 7.99. The number of nitrogens with one attached hydrogen (secondary N) is 1. The van der Waals surface area contributed by atoms with E-state index in [0.29, 0.717) is 0 Å². The van der Waals surface area contributed by atoms with Gasteiger partial charge in [-0.2, -0.15) is 0 Å². The molecule has 1 aliphatic carbocycles. The van der Waals surface area contributed by atoms with Crippen molar-refractivity contribution in [2.75, 3.05) is 11.9 Å². The fourth-order valence-electron chi connectivity index (χ4n) is 2.59. The average molecular weight is 262 g/mol. The summed E-state index contributed by atoms with van der Waals surface area (Å²) in [5.41, 5.74) is 7.80. The van der Waals surface area contributed by atoms with Gasteiger partial charge in [-0.1, -0.05) is 12.1 Å². The largest absolute Gasteiger partial charge is 0.396 e. The Labute approximate surface area is 114 Å². The average Bonchev–Trinajstić information content (AvgIpc) is 2.83. The van der Waals surface area contributed by atoms with Crippen LogP contribution in [0.25, 0.3) is 0 Å². The number of amides is 1. The van der Waals surface area contributed by atoms with Crippen LogP contribution in [0.2, 0.25) is 0 Å². The molecular formula is C15H22N2O2. The number of aryl methyl sites for hydroxylation is 1. The molecule has 1 aromatic rings. The van der Waals surface area contributed by atoms with Gasteiger partial charge in [-0.3, -0.25) is 4.79 Å². The number of hydrogen-bond donors (Lipinski definition) is 3. The molecular weight excluding hydrogens is 240 g/mol. The van der Waals surface area contributed by atoms with E-state index >= 15 is 0 Å². The predicted octanol–water partition coefficient (Wildman–Crippen LogP) is 1.68. The molecule has 0 aliphatic heterocycles. The highest BCUT2D eigenvalue weighted by Crippen LogP contribution is 2.25. The second kappa shape index (κ2) is 6.68. The van der Waals surface area contributed by atoms with Crippen molar-refractivity contribution in [3.63, 3.8) is 0 Å². The van der Waals surface area contributed by atoms with Crippen LogP contribution in [0.15, 0.2) is 24.3 Å². The normalized spacial score (nSPS) is 22.4. The Morgan fingerprint density at radius 3 is 2.95 bits per heavy atom. The standard InChI is InChI=1S/C15H22N2O2/c16-13-7-6-12(10-13)15(19)17-14-5-1-3-11(9-14)4-2-8-18/h1,3,5,9,12-13,18H,2,4,6-8,10,16H2,(H,17,19). The molecule has 1 aromatic carbocycles. The predicted molar refractivity (Wildman–Crippen MR) is 75.8 cm³/mol. The second-order valence-electron chi connectivity index (χ2n) is 5.29. The number of anilines is 1. The van der Waals surface area contributed by atoms with E-state index in [1.165, 1.54) is 0 Å². The Bertz CT molecular complexity index is 434. The molecule has 4 nitrogen and oxygen atoms in total. The van der Waals surface area contributed by atoms with Gasteiger partial charge in [0.05, 0.1) is 0 Å². The number of aliphatic hydroxyl groups is 1. The Morgan fingerprint density at radius 2 is 2.26 bits per heavy atom. The fourth-order valence-corrected chi connectivity index (χ4v) is 2.59. The number of nitrogens with two attached hydrogens (primary N) is 1. The van der Waals surface area contributed by atoms with E-state index in [0.717, 1.165) is 43.4 Å². The smallest absolute Gasteiger partial charge is 0.227 e. The lowest BCUT2D eigenvalue weighted by Gasteiger charge is -2.11. The van der Waals surface area contributed by atoms with Crippen LogP contribution in [-0.4, -0.2) is 23.7 Å². The number of rotatable bonds is 5. The van der Waals surface area contributed by atoms with Crippen LogP contribution in [0.4, 0.5) is 5.69 Å². The lowest BCUT2D eigenvalue weighted by Crippen LogP contribution is -2.23. The molecule has 19 heavy (non-hydrogen) atoms. The summed E-state index contributed by atoms with van der Waals surface area (Å²) in [6.45, 7) is 0.191. The van der Waals surface area contributed by atoms with E-state index < -0.39 is 0 Å². The van der Waals surface area contributed by atoms with E-state index in [4.69, 9.17) is 10.8 Å². The summed E-state index contributed by atoms with van der Waals surface area (Å²) in [6.07, 6.45) is 4.19. The maximum absolute atomic E-state index is 12.1. The van der Waals surface area contributed by atoms with Crippen molar-refractivity contribution in [2.24, 2.45) is 11.7 Å². The first-order valence-corrected chi connectivity index (χ1v) is 6.95. The van der Waals surface area contributed by atoms with Gasteiger partial charge < -0.3 is 16.2 Å². The lowest BCUT2D eigenvalue weighted by atomic mass is 10.1. The summed E-state index contributed by atoms with van der Waals surface area (Å²) in [7, 11) is 0. The van der Waals surface area contributed by atoms with Crippen molar-refractivity contribution in [1.82, 2.24) is 0 Å². The fraction of sp³-hybridized carbons (Fsp3) is 0.533. The summed E-state index contributed by atoms with van der Waals surface area (Å²) >= 11 is 0. The van der Waals surface area contributed by atoms with Crippen LogP contribution in [0.5, 0.6) is 0 Å². The topological polar surface area (TPSA) is 75.4 Å². The molecule has 1 aliphatic rings. The van der Waals surface area contributed by atoms with Gasteiger partial charge in [0.25, 0.3) is 0 Å². The maximum atomic E-state index is 12.1. The van der Waals surface area contributed by atoms with Crippen molar-refractivity contribution in [3.05, 3.63) is 29.8 Å². The highest BCUT2D eigenvalue weighted by Gasteiger charge is 2.27. The zero-order valence-corrected chi connectivity index (χ0v) is 11.1. The first-order valence-electron chi connectivity index (χ1n) is 6.95. The zero-order chi connectivity index (χ0) is 13.7. The van der Waals surface area contributed by atoms with E-state index in [2.05, 4.69) is 5.32 Å². The minimum Gasteiger partial charge on any atom is -0.396 e. The van der Waals surface area contributed by atoms with Gasteiger partial charge in [-0.05, 0) is 49.8 Å². The summed E-state index contributed by atoms with van der Waals surface area (Å²) in [4.78, 5) is 12.1. The molecule has 2 atom stereocenters. The molecule has 4 heteroatoms. The number of carbonyl (C=O) groups is 1.